The monoisotopic (exact) mass is 714 g/mol. The van der Waals surface area contributed by atoms with Crippen molar-refractivity contribution in [2.24, 2.45) is 0 Å². The van der Waals surface area contributed by atoms with Crippen molar-refractivity contribution in [3.63, 3.8) is 0 Å². The third-order valence-electron chi connectivity index (χ3n) is 7.99. The molecule has 2 amide bonds. The highest BCUT2D eigenvalue weighted by molar-refractivity contribution is 7.48. The van der Waals surface area contributed by atoms with Gasteiger partial charge in [-0.25, -0.2) is 9.55 Å². The number of rotatable bonds is 15. The fourth-order valence-corrected chi connectivity index (χ4v) is 7.84. The van der Waals surface area contributed by atoms with Gasteiger partial charge in [0, 0.05) is 58.9 Å². The third-order valence-corrected chi connectivity index (χ3v) is 12.8. The summed E-state index contributed by atoms with van der Waals surface area (Å²) in [5.74, 6) is 0.638. The van der Waals surface area contributed by atoms with Gasteiger partial charge in [-0.3, -0.25) is 28.1 Å². The Balaban J connectivity index is 1.47. The SMILES string of the molecule is Cc1c(CN(C)C(=O)/C=C/c2cnc3c(c2)N[C@H](C)CC(=O)N3COP(=O)(OCC[Si](C)(C)C)OCC[Si](C)(C)C)oc2ccccc12. The number of aromatic nitrogens is 1. The molecule has 1 aliphatic rings. The highest BCUT2D eigenvalue weighted by Crippen LogP contribution is 2.50. The van der Waals surface area contributed by atoms with Crippen LogP contribution in [0.15, 0.2) is 47.0 Å². The lowest BCUT2D eigenvalue weighted by Crippen LogP contribution is -2.34. The summed E-state index contributed by atoms with van der Waals surface area (Å²) in [7, 11) is -5.17. The topological polar surface area (TPSA) is 123 Å². The molecule has 1 aliphatic heterocycles. The van der Waals surface area contributed by atoms with Gasteiger partial charge >= 0.3 is 7.82 Å². The molecule has 14 heteroatoms. The molecule has 1 atom stereocenters. The van der Waals surface area contributed by atoms with E-state index >= 15 is 0 Å². The lowest BCUT2D eigenvalue weighted by molar-refractivity contribution is -0.125. The first-order valence-electron chi connectivity index (χ1n) is 16.4. The van der Waals surface area contributed by atoms with Crippen molar-refractivity contribution < 1.29 is 32.1 Å². The van der Waals surface area contributed by atoms with E-state index in [-0.39, 0.29) is 44.2 Å². The van der Waals surface area contributed by atoms with Gasteiger partial charge in [0.15, 0.2) is 5.82 Å². The van der Waals surface area contributed by atoms with Crippen LogP contribution in [0.4, 0.5) is 11.5 Å². The fraction of sp³-hybridized carbons (Fsp3) is 0.500. The molecule has 11 nitrogen and oxygen atoms in total. The molecule has 0 aliphatic carbocycles. The second-order valence-electron chi connectivity index (χ2n) is 14.9. The van der Waals surface area contributed by atoms with Gasteiger partial charge in [-0.05, 0) is 49.7 Å². The Morgan fingerprint density at radius 3 is 2.38 bits per heavy atom. The molecule has 0 bridgehead atoms. The summed E-state index contributed by atoms with van der Waals surface area (Å²) in [6.45, 7) is 17.6. The van der Waals surface area contributed by atoms with Gasteiger partial charge < -0.3 is 14.6 Å². The molecule has 0 saturated carbocycles. The minimum Gasteiger partial charge on any atom is -0.459 e. The number of phosphoric ester groups is 1. The normalized spacial score (nSPS) is 15.9. The Morgan fingerprint density at radius 1 is 1.10 bits per heavy atom. The zero-order valence-corrected chi connectivity index (χ0v) is 32.7. The molecule has 48 heavy (non-hydrogen) atoms. The van der Waals surface area contributed by atoms with E-state index in [1.54, 1.807) is 24.2 Å². The van der Waals surface area contributed by atoms with Crippen LogP contribution in [0, 0.1) is 6.92 Å². The fourth-order valence-electron chi connectivity index (χ4n) is 4.96. The largest absolute Gasteiger partial charge is 0.476 e. The number of amides is 2. The number of carbonyl (C=O) groups excluding carboxylic acids is 2. The van der Waals surface area contributed by atoms with Crippen LogP contribution in [-0.2, 0) is 34.3 Å². The number of nitrogens with one attached hydrogen (secondary N) is 1. The number of phosphoric acid groups is 1. The first-order valence-corrected chi connectivity index (χ1v) is 25.3. The van der Waals surface area contributed by atoms with E-state index in [2.05, 4.69) is 49.6 Å². The highest BCUT2D eigenvalue weighted by Gasteiger charge is 2.33. The number of nitrogens with zero attached hydrogens (tertiary/aromatic N) is 3. The maximum Gasteiger partial charge on any atom is 0.476 e. The summed E-state index contributed by atoms with van der Waals surface area (Å²) >= 11 is 0. The Bertz CT molecular complexity index is 1660. The Kier molecular flexibility index (Phi) is 12.3. The Morgan fingerprint density at radius 2 is 1.75 bits per heavy atom. The average Bonchev–Trinajstić information content (AvgIpc) is 3.23. The number of anilines is 2. The summed E-state index contributed by atoms with van der Waals surface area (Å²) in [6.07, 6.45) is 4.93. The summed E-state index contributed by atoms with van der Waals surface area (Å²) in [5, 5.41) is 4.37. The van der Waals surface area contributed by atoms with E-state index in [0.717, 1.165) is 34.4 Å². The third kappa shape index (κ3) is 10.7. The van der Waals surface area contributed by atoms with Gasteiger partial charge in [-0.2, -0.15) is 0 Å². The van der Waals surface area contributed by atoms with Crippen LogP contribution in [0.1, 0.15) is 30.2 Å². The van der Waals surface area contributed by atoms with Crippen LogP contribution < -0.4 is 10.2 Å². The number of furan rings is 1. The van der Waals surface area contributed by atoms with Gasteiger partial charge in [-0.1, -0.05) is 57.5 Å². The van der Waals surface area contributed by atoms with Gasteiger partial charge in [0.1, 0.15) is 18.1 Å². The molecule has 262 valence electrons. The second kappa shape index (κ2) is 15.7. The highest BCUT2D eigenvalue weighted by atomic mass is 31.2. The van der Waals surface area contributed by atoms with Crippen LogP contribution in [-0.4, -0.2) is 70.9 Å². The number of likely N-dealkylation sites (N-methyl/N-ethyl adjacent to an activating group) is 1. The first-order chi connectivity index (χ1) is 22.4. The number of para-hydroxylation sites is 1. The van der Waals surface area contributed by atoms with E-state index in [9.17, 15) is 14.2 Å². The van der Waals surface area contributed by atoms with Gasteiger partial charge in [0.2, 0.25) is 11.8 Å². The maximum absolute atomic E-state index is 13.8. The molecule has 0 saturated heterocycles. The van der Waals surface area contributed by atoms with Crippen molar-refractivity contribution >= 4 is 64.3 Å². The van der Waals surface area contributed by atoms with Crippen molar-refractivity contribution in [1.82, 2.24) is 9.88 Å². The van der Waals surface area contributed by atoms with Crippen LogP contribution in [0.5, 0.6) is 0 Å². The van der Waals surface area contributed by atoms with Crippen molar-refractivity contribution in [3.05, 3.63) is 59.5 Å². The Labute approximate surface area is 286 Å². The lowest BCUT2D eigenvalue weighted by atomic mass is 10.1. The van der Waals surface area contributed by atoms with E-state index < -0.39 is 24.0 Å². The first kappa shape index (κ1) is 37.7. The molecule has 4 rings (SSSR count). The quantitative estimate of drug-likeness (QED) is 0.0944. The number of aryl methyl sites for hydroxylation is 1. The lowest BCUT2D eigenvalue weighted by Gasteiger charge is -2.26. The molecule has 1 aromatic carbocycles. The molecule has 3 heterocycles. The molecule has 0 spiro atoms. The molecular formula is C34H51N4O7PSi2. The van der Waals surface area contributed by atoms with E-state index in [1.807, 2.05) is 44.2 Å². The molecule has 0 radical (unpaired) electrons. The molecule has 1 N–H and O–H groups in total. The minimum atomic E-state index is -3.96. The number of fused-ring (bicyclic) bond motifs is 2. The predicted octanol–water partition coefficient (Wildman–Crippen LogP) is 8.14. The van der Waals surface area contributed by atoms with E-state index in [4.69, 9.17) is 18.0 Å². The van der Waals surface area contributed by atoms with Crippen molar-refractivity contribution in [3.8, 4) is 0 Å². The second-order valence-corrected chi connectivity index (χ2v) is 27.8. The average molecular weight is 715 g/mol. The van der Waals surface area contributed by atoms with Gasteiger partial charge in [-0.15, -0.1) is 0 Å². The smallest absolute Gasteiger partial charge is 0.459 e. The molecule has 0 fully saturated rings. The molecular weight excluding hydrogens is 664 g/mol. The van der Waals surface area contributed by atoms with Crippen LogP contribution in [0.25, 0.3) is 17.0 Å². The van der Waals surface area contributed by atoms with Gasteiger partial charge in [0.25, 0.3) is 0 Å². The maximum atomic E-state index is 13.8. The minimum absolute atomic E-state index is 0.173. The number of pyridine rings is 1. The zero-order chi connectivity index (χ0) is 35.3. The number of carbonyl (C=O) groups is 2. The molecule has 3 aromatic rings. The molecule has 2 aromatic heterocycles. The number of hydrogen-bond donors (Lipinski definition) is 1. The summed E-state index contributed by atoms with van der Waals surface area (Å²) < 4.78 is 37.1. The van der Waals surface area contributed by atoms with Crippen LogP contribution >= 0.6 is 7.82 Å². The van der Waals surface area contributed by atoms with E-state index in [0.29, 0.717) is 23.6 Å². The summed E-state index contributed by atoms with van der Waals surface area (Å²) in [4.78, 5) is 33.9. The summed E-state index contributed by atoms with van der Waals surface area (Å²) in [5.41, 5.74) is 3.07. The number of hydrogen-bond acceptors (Lipinski definition) is 9. The predicted molar refractivity (Wildman–Crippen MR) is 198 cm³/mol. The van der Waals surface area contributed by atoms with Crippen molar-refractivity contribution in [2.45, 2.75) is 84.2 Å². The van der Waals surface area contributed by atoms with Crippen molar-refractivity contribution in [1.29, 1.82) is 0 Å². The summed E-state index contributed by atoms with van der Waals surface area (Å²) in [6, 6.07) is 11.0. The standard InChI is InChI=1S/C34H51N4O7PSi2/c1-25-20-33(40)38(24-44-46(41,42-16-18-47(4,5)6)43-17-19-48(7,8)9)34-29(36-25)21-27(22-35-34)14-15-32(39)37(3)23-31-26(2)28-12-10-11-13-30(28)45-31/h10-15,21-22,25,36H,16-20,23-24H2,1-9H3/b15-14+/t25-/m1/s1. The zero-order valence-electron chi connectivity index (χ0n) is 29.8. The van der Waals surface area contributed by atoms with Crippen LogP contribution in [0.2, 0.25) is 51.4 Å². The van der Waals surface area contributed by atoms with E-state index in [1.165, 1.54) is 11.0 Å². The van der Waals surface area contributed by atoms with Crippen LogP contribution in [0.3, 0.4) is 0 Å². The van der Waals surface area contributed by atoms with Gasteiger partial charge in [0.05, 0.1) is 25.4 Å². The molecule has 0 unspecified atom stereocenters. The van der Waals surface area contributed by atoms with Crippen molar-refractivity contribution in [2.75, 3.05) is 37.2 Å². The Hall–Kier alpha value is -3.07. The number of benzene rings is 1.